The van der Waals surface area contributed by atoms with Gasteiger partial charge in [-0.25, -0.2) is 4.39 Å². The summed E-state index contributed by atoms with van der Waals surface area (Å²) in [5.74, 6) is -0.175. The minimum absolute atomic E-state index is 0.175. The number of hydrogen-bond acceptors (Lipinski definition) is 1. The van der Waals surface area contributed by atoms with E-state index >= 15 is 0 Å². The molecule has 2 nitrogen and oxygen atoms in total. The highest BCUT2D eigenvalue weighted by Crippen LogP contribution is 2.22. The van der Waals surface area contributed by atoms with E-state index in [0.717, 1.165) is 3.70 Å². The number of fused-ring (bicyclic) bond motifs is 1. The fourth-order valence-electron chi connectivity index (χ4n) is 1.14. The van der Waals surface area contributed by atoms with Crippen LogP contribution >= 0.6 is 22.6 Å². The van der Waals surface area contributed by atoms with Gasteiger partial charge in [-0.3, -0.25) is 5.10 Å². The summed E-state index contributed by atoms with van der Waals surface area (Å²) in [6.07, 6.45) is 0. The van der Waals surface area contributed by atoms with Crippen molar-refractivity contribution in [2.75, 3.05) is 0 Å². The molecule has 0 radical (unpaired) electrons. The number of hydrogen-bond donors (Lipinski definition) is 1. The van der Waals surface area contributed by atoms with Gasteiger partial charge < -0.3 is 0 Å². The average molecular weight is 276 g/mol. The molecule has 0 amide bonds. The molecule has 0 fully saturated rings. The van der Waals surface area contributed by atoms with E-state index in [1.54, 1.807) is 13.0 Å². The highest BCUT2D eigenvalue weighted by atomic mass is 127. The summed E-state index contributed by atoms with van der Waals surface area (Å²) in [4.78, 5) is 0. The quantitative estimate of drug-likeness (QED) is 0.736. The molecular formula is C8H6FIN2. The van der Waals surface area contributed by atoms with Crippen LogP contribution < -0.4 is 0 Å². The van der Waals surface area contributed by atoms with Crippen LogP contribution in [0.1, 0.15) is 5.56 Å². The van der Waals surface area contributed by atoms with Crippen LogP contribution in [-0.2, 0) is 0 Å². The number of benzene rings is 1. The van der Waals surface area contributed by atoms with Crippen molar-refractivity contribution in [3.63, 3.8) is 0 Å². The molecule has 1 aromatic heterocycles. The molecule has 2 aromatic rings. The molecule has 0 bridgehead atoms. The third kappa shape index (κ3) is 1.01. The predicted octanol–water partition coefficient (Wildman–Crippen LogP) is 2.62. The number of aromatic amines is 1. The Bertz CT molecular complexity index is 436. The lowest BCUT2D eigenvalue weighted by atomic mass is 10.2. The van der Waals surface area contributed by atoms with Crippen molar-refractivity contribution < 1.29 is 4.39 Å². The number of halogens is 2. The van der Waals surface area contributed by atoms with Crippen LogP contribution in [-0.4, -0.2) is 10.2 Å². The number of nitrogens with one attached hydrogen (secondary N) is 1. The number of rotatable bonds is 0. The van der Waals surface area contributed by atoms with Crippen molar-refractivity contribution in [3.05, 3.63) is 27.2 Å². The second-order valence-electron chi connectivity index (χ2n) is 2.63. The molecule has 0 aliphatic heterocycles. The first-order chi connectivity index (χ1) is 5.70. The summed E-state index contributed by atoms with van der Waals surface area (Å²) >= 11 is 2.04. The Kier molecular flexibility index (Phi) is 1.79. The summed E-state index contributed by atoms with van der Waals surface area (Å²) < 4.78 is 14.2. The zero-order valence-electron chi connectivity index (χ0n) is 6.36. The first-order valence-corrected chi connectivity index (χ1v) is 4.56. The Balaban J connectivity index is 2.96. The molecule has 4 heteroatoms. The highest BCUT2D eigenvalue weighted by Gasteiger charge is 2.09. The Morgan fingerprint density at radius 3 is 3.00 bits per heavy atom. The van der Waals surface area contributed by atoms with Gasteiger partial charge in [0.15, 0.2) is 0 Å². The first kappa shape index (κ1) is 7.97. The van der Waals surface area contributed by atoms with Gasteiger partial charge in [0.05, 0.1) is 10.9 Å². The molecule has 0 saturated heterocycles. The van der Waals surface area contributed by atoms with Gasteiger partial charge in [0.1, 0.15) is 9.52 Å². The fraction of sp³-hybridized carbons (Fsp3) is 0.125. The molecule has 0 atom stereocenters. The van der Waals surface area contributed by atoms with Crippen LogP contribution in [0.3, 0.4) is 0 Å². The maximum atomic E-state index is 13.4. The minimum atomic E-state index is -0.175. The van der Waals surface area contributed by atoms with Crippen LogP contribution in [0.2, 0.25) is 0 Å². The zero-order valence-corrected chi connectivity index (χ0v) is 8.52. The normalized spacial score (nSPS) is 10.9. The Hall–Kier alpha value is -0.650. The summed E-state index contributed by atoms with van der Waals surface area (Å²) in [5, 5.41) is 7.28. The molecule has 0 saturated carbocycles. The minimum Gasteiger partial charge on any atom is -0.271 e. The van der Waals surface area contributed by atoms with Gasteiger partial charge >= 0.3 is 0 Å². The van der Waals surface area contributed by atoms with Crippen LogP contribution in [0.4, 0.5) is 4.39 Å². The lowest BCUT2D eigenvalue weighted by Crippen LogP contribution is -1.83. The summed E-state index contributed by atoms with van der Waals surface area (Å²) in [6.45, 7) is 1.75. The van der Waals surface area contributed by atoms with E-state index in [-0.39, 0.29) is 5.82 Å². The molecule has 0 spiro atoms. The van der Waals surface area contributed by atoms with E-state index < -0.39 is 0 Å². The van der Waals surface area contributed by atoms with E-state index in [1.807, 2.05) is 28.7 Å². The Morgan fingerprint density at radius 1 is 1.50 bits per heavy atom. The molecule has 2 rings (SSSR count). The zero-order chi connectivity index (χ0) is 8.72. The topological polar surface area (TPSA) is 28.7 Å². The molecule has 0 aliphatic rings. The van der Waals surface area contributed by atoms with Crippen LogP contribution in [0.15, 0.2) is 12.1 Å². The lowest BCUT2D eigenvalue weighted by molar-refractivity contribution is 0.630. The average Bonchev–Trinajstić information content (AvgIpc) is 2.41. The van der Waals surface area contributed by atoms with Crippen molar-refractivity contribution in [2.45, 2.75) is 6.92 Å². The van der Waals surface area contributed by atoms with Crippen molar-refractivity contribution in [1.82, 2.24) is 10.2 Å². The van der Waals surface area contributed by atoms with Crippen molar-refractivity contribution >= 4 is 33.5 Å². The number of aryl methyl sites for hydroxylation is 1. The number of nitrogens with zero attached hydrogens (tertiary/aromatic N) is 1. The molecule has 62 valence electrons. The molecule has 0 aliphatic carbocycles. The van der Waals surface area contributed by atoms with Crippen molar-refractivity contribution in [1.29, 1.82) is 0 Å². The SMILES string of the molecule is Cc1ccc2n[nH]c(I)c2c1F. The molecule has 0 unspecified atom stereocenters. The monoisotopic (exact) mass is 276 g/mol. The van der Waals surface area contributed by atoms with E-state index in [1.165, 1.54) is 0 Å². The Labute approximate surface area is 82.3 Å². The van der Waals surface area contributed by atoms with Crippen LogP contribution in [0, 0.1) is 16.4 Å². The van der Waals surface area contributed by atoms with E-state index in [0.29, 0.717) is 16.5 Å². The van der Waals surface area contributed by atoms with Crippen LogP contribution in [0.5, 0.6) is 0 Å². The molecule has 12 heavy (non-hydrogen) atoms. The lowest BCUT2D eigenvalue weighted by Gasteiger charge is -1.95. The highest BCUT2D eigenvalue weighted by molar-refractivity contribution is 14.1. The second kappa shape index (κ2) is 2.69. The van der Waals surface area contributed by atoms with E-state index in [2.05, 4.69) is 10.2 Å². The van der Waals surface area contributed by atoms with Gasteiger partial charge in [-0.1, -0.05) is 6.07 Å². The van der Waals surface area contributed by atoms with Gasteiger partial charge in [-0.2, -0.15) is 5.10 Å². The molecule has 1 N–H and O–H groups in total. The summed E-state index contributed by atoms with van der Waals surface area (Å²) in [5.41, 5.74) is 1.34. The van der Waals surface area contributed by atoms with Gasteiger partial charge in [0.25, 0.3) is 0 Å². The van der Waals surface area contributed by atoms with Gasteiger partial charge in [-0.05, 0) is 41.1 Å². The van der Waals surface area contributed by atoms with Crippen molar-refractivity contribution in [2.24, 2.45) is 0 Å². The maximum absolute atomic E-state index is 13.4. The van der Waals surface area contributed by atoms with E-state index in [9.17, 15) is 4.39 Å². The number of H-pyrrole nitrogens is 1. The Morgan fingerprint density at radius 2 is 2.25 bits per heavy atom. The van der Waals surface area contributed by atoms with Gasteiger partial charge in [-0.15, -0.1) is 0 Å². The number of aromatic nitrogens is 2. The predicted molar refractivity (Wildman–Crippen MR) is 53.5 cm³/mol. The fourth-order valence-corrected chi connectivity index (χ4v) is 1.77. The molecule has 1 aromatic carbocycles. The molecular weight excluding hydrogens is 270 g/mol. The standard InChI is InChI=1S/C8H6FIN2/c1-4-2-3-5-6(7(4)9)8(10)12-11-5/h2-3H,1H3,(H,11,12). The smallest absolute Gasteiger partial charge is 0.138 e. The summed E-state index contributed by atoms with van der Waals surface area (Å²) in [7, 11) is 0. The van der Waals surface area contributed by atoms with Gasteiger partial charge in [0.2, 0.25) is 0 Å². The third-order valence-electron chi connectivity index (χ3n) is 1.81. The van der Waals surface area contributed by atoms with E-state index in [4.69, 9.17) is 0 Å². The van der Waals surface area contributed by atoms with Gasteiger partial charge in [0, 0.05) is 0 Å². The van der Waals surface area contributed by atoms with Crippen molar-refractivity contribution in [3.8, 4) is 0 Å². The van der Waals surface area contributed by atoms with Crippen LogP contribution in [0.25, 0.3) is 10.9 Å². The second-order valence-corrected chi connectivity index (χ2v) is 3.71. The molecule has 1 heterocycles. The summed E-state index contributed by atoms with van der Waals surface area (Å²) in [6, 6.07) is 3.54. The third-order valence-corrected chi connectivity index (χ3v) is 2.59. The first-order valence-electron chi connectivity index (χ1n) is 3.49. The maximum Gasteiger partial charge on any atom is 0.138 e. The largest absolute Gasteiger partial charge is 0.271 e.